The van der Waals surface area contributed by atoms with Crippen LogP contribution in [0.25, 0.3) is 0 Å². The Bertz CT molecular complexity index is 495. The van der Waals surface area contributed by atoms with Crippen molar-refractivity contribution in [2.45, 2.75) is 32.9 Å². The van der Waals surface area contributed by atoms with Gasteiger partial charge in [-0.05, 0) is 38.5 Å². The molecule has 0 atom stereocenters. The van der Waals surface area contributed by atoms with Gasteiger partial charge < -0.3 is 25.8 Å². The van der Waals surface area contributed by atoms with E-state index in [2.05, 4.69) is 36.4 Å². The van der Waals surface area contributed by atoms with Gasteiger partial charge in [-0.25, -0.2) is 4.99 Å². The molecule has 124 valence electrons. The Morgan fingerprint density at radius 2 is 1.82 bits per heavy atom. The van der Waals surface area contributed by atoms with E-state index in [1.54, 1.807) is 14.2 Å². The highest BCUT2D eigenvalue weighted by Gasteiger charge is 2.07. The number of nitrogens with two attached hydrogens (primary N) is 1. The molecule has 0 saturated heterocycles. The summed E-state index contributed by atoms with van der Waals surface area (Å²) in [4.78, 5) is 4.32. The first-order valence-corrected chi connectivity index (χ1v) is 7.35. The second-order valence-corrected chi connectivity index (χ2v) is 5.99. The third-order valence-electron chi connectivity index (χ3n) is 2.97. The van der Waals surface area contributed by atoms with E-state index < -0.39 is 0 Å². The lowest BCUT2D eigenvalue weighted by Crippen LogP contribution is -2.43. The summed E-state index contributed by atoms with van der Waals surface area (Å²) in [6.45, 7) is 8.44. The van der Waals surface area contributed by atoms with Crippen LogP contribution in [0.3, 0.4) is 0 Å². The van der Waals surface area contributed by atoms with E-state index in [1.165, 1.54) is 0 Å². The zero-order chi connectivity index (χ0) is 16.6. The molecule has 1 aromatic carbocycles. The Balaban J connectivity index is 2.46. The van der Waals surface area contributed by atoms with Crippen molar-refractivity contribution in [1.29, 1.82) is 0 Å². The number of aliphatic imine (C=N–C) groups is 1. The Morgan fingerprint density at radius 1 is 1.14 bits per heavy atom. The van der Waals surface area contributed by atoms with Crippen molar-refractivity contribution in [3.05, 3.63) is 23.8 Å². The number of nitrogens with zero attached hydrogens (tertiary/aromatic N) is 1. The Labute approximate surface area is 133 Å². The lowest BCUT2D eigenvalue weighted by Gasteiger charge is -2.20. The molecule has 0 spiro atoms. The van der Waals surface area contributed by atoms with Gasteiger partial charge in [0.25, 0.3) is 0 Å². The van der Waals surface area contributed by atoms with Crippen LogP contribution >= 0.6 is 0 Å². The van der Waals surface area contributed by atoms with Crippen LogP contribution in [0.1, 0.15) is 26.3 Å². The molecule has 0 aliphatic carbocycles. The monoisotopic (exact) mass is 308 g/mol. The van der Waals surface area contributed by atoms with Gasteiger partial charge in [0.15, 0.2) is 17.5 Å². The zero-order valence-corrected chi connectivity index (χ0v) is 14.2. The molecule has 0 heterocycles. The SMILES string of the molecule is COc1ccc(CN=C(N)NCCNC(C)(C)C)cc1OC. The Hall–Kier alpha value is -1.95. The number of methoxy groups -OCH3 is 2. The number of rotatable bonds is 7. The quantitative estimate of drug-likeness (QED) is 0.404. The molecule has 0 aliphatic rings. The summed E-state index contributed by atoms with van der Waals surface area (Å²) in [5, 5.41) is 6.46. The van der Waals surface area contributed by atoms with Crippen LogP contribution in [-0.4, -0.2) is 38.8 Å². The van der Waals surface area contributed by atoms with Gasteiger partial charge in [-0.1, -0.05) is 6.07 Å². The fourth-order valence-corrected chi connectivity index (χ4v) is 1.84. The van der Waals surface area contributed by atoms with Crippen molar-refractivity contribution in [2.75, 3.05) is 27.3 Å². The van der Waals surface area contributed by atoms with Gasteiger partial charge in [0.1, 0.15) is 0 Å². The first kappa shape index (κ1) is 18.1. The molecule has 0 aliphatic heterocycles. The third-order valence-corrected chi connectivity index (χ3v) is 2.97. The van der Waals surface area contributed by atoms with Crippen LogP contribution < -0.4 is 25.8 Å². The second-order valence-electron chi connectivity index (χ2n) is 5.99. The zero-order valence-electron chi connectivity index (χ0n) is 14.2. The third kappa shape index (κ3) is 6.67. The van der Waals surface area contributed by atoms with Crippen molar-refractivity contribution in [3.8, 4) is 11.5 Å². The highest BCUT2D eigenvalue weighted by Crippen LogP contribution is 2.27. The van der Waals surface area contributed by atoms with E-state index in [0.717, 1.165) is 18.7 Å². The van der Waals surface area contributed by atoms with E-state index in [1.807, 2.05) is 18.2 Å². The molecular formula is C16H28N4O2. The minimum atomic E-state index is 0.104. The van der Waals surface area contributed by atoms with Gasteiger partial charge in [0.05, 0.1) is 20.8 Å². The lowest BCUT2D eigenvalue weighted by molar-refractivity contribution is 0.354. The molecule has 22 heavy (non-hydrogen) atoms. The van der Waals surface area contributed by atoms with Crippen molar-refractivity contribution in [2.24, 2.45) is 10.7 Å². The van der Waals surface area contributed by atoms with Gasteiger partial charge in [0, 0.05) is 18.6 Å². The smallest absolute Gasteiger partial charge is 0.188 e. The predicted octanol–water partition coefficient (Wildman–Crippen LogP) is 1.50. The molecule has 6 heteroatoms. The first-order valence-electron chi connectivity index (χ1n) is 7.35. The highest BCUT2D eigenvalue weighted by atomic mass is 16.5. The maximum atomic E-state index is 5.85. The molecule has 1 aromatic rings. The van der Waals surface area contributed by atoms with E-state index >= 15 is 0 Å². The van der Waals surface area contributed by atoms with Gasteiger partial charge in [-0.15, -0.1) is 0 Å². The summed E-state index contributed by atoms with van der Waals surface area (Å²) < 4.78 is 10.5. The standard InChI is InChI=1S/C16H28N4O2/c1-16(2,3)20-9-8-18-15(17)19-11-12-6-7-13(21-4)14(10-12)22-5/h6-7,10,20H,8-9,11H2,1-5H3,(H3,17,18,19). The molecule has 6 nitrogen and oxygen atoms in total. The molecule has 0 amide bonds. The van der Waals surface area contributed by atoms with Crippen molar-refractivity contribution < 1.29 is 9.47 Å². The summed E-state index contributed by atoms with van der Waals surface area (Å²) in [6.07, 6.45) is 0. The van der Waals surface area contributed by atoms with E-state index in [-0.39, 0.29) is 5.54 Å². The average molecular weight is 308 g/mol. The fraction of sp³-hybridized carbons (Fsp3) is 0.562. The molecule has 4 N–H and O–H groups in total. The van der Waals surface area contributed by atoms with Gasteiger partial charge in [-0.2, -0.15) is 0 Å². The maximum Gasteiger partial charge on any atom is 0.188 e. The molecule has 0 bridgehead atoms. The second kappa shape index (κ2) is 8.48. The summed E-state index contributed by atoms with van der Waals surface area (Å²) in [7, 11) is 3.23. The van der Waals surface area contributed by atoms with E-state index in [0.29, 0.717) is 24.0 Å². The fourth-order valence-electron chi connectivity index (χ4n) is 1.84. The van der Waals surface area contributed by atoms with E-state index in [9.17, 15) is 0 Å². The van der Waals surface area contributed by atoms with Crippen molar-refractivity contribution >= 4 is 5.96 Å². The van der Waals surface area contributed by atoms with Crippen LogP contribution in [0.2, 0.25) is 0 Å². The molecule has 1 rings (SSSR count). The number of hydrogen-bond donors (Lipinski definition) is 3. The normalized spacial score (nSPS) is 12.1. The topological polar surface area (TPSA) is 80.9 Å². The van der Waals surface area contributed by atoms with Crippen LogP contribution in [0, 0.1) is 0 Å². The van der Waals surface area contributed by atoms with Crippen molar-refractivity contribution in [3.63, 3.8) is 0 Å². The predicted molar refractivity (Wildman–Crippen MR) is 90.6 cm³/mol. The summed E-state index contributed by atoms with van der Waals surface area (Å²) in [5.74, 6) is 1.83. The maximum absolute atomic E-state index is 5.85. The Morgan fingerprint density at radius 3 is 2.41 bits per heavy atom. The number of guanidine groups is 1. The van der Waals surface area contributed by atoms with Gasteiger partial charge in [-0.3, -0.25) is 0 Å². The molecular weight excluding hydrogens is 280 g/mol. The van der Waals surface area contributed by atoms with Crippen molar-refractivity contribution in [1.82, 2.24) is 10.6 Å². The van der Waals surface area contributed by atoms with E-state index in [4.69, 9.17) is 15.2 Å². The van der Waals surface area contributed by atoms with Crippen LogP contribution in [0.15, 0.2) is 23.2 Å². The minimum Gasteiger partial charge on any atom is -0.493 e. The number of ether oxygens (including phenoxy) is 2. The van der Waals surface area contributed by atoms with Crippen LogP contribution in [0.4, 0.5) is 0 Å². The number of nitrogens with one attached hydrogen (secondary N) is 2. The van der Waals surface area contributed by atoms with Gasteiger partial charge >= 0.3 is 0 Å². The summed E-state index contributed by atoms with van der Waals surface area (Å²) in [5.41, 5.74) is 6.97. The molecule has 0 saturated carbocycles. The Kier molecular flexibility index (Phi) is 6.98. The number of hydrogen-bond acceptors (Lipinski definition) is 4. The largest absolute Gasteiger partial charge is 0.493 e. The van der Waals surface area contributed by atoms with Crippen LogP contribution in [-0.2, 0) is 6.54 Å². The minimum absolute atomic E-state index is 0.104. The summed E-state index contributed by atoms with van der Waals surface area (Å²) in [6, 6.07) is 5.70. The highest BCUT2D eigenvalue weighted by molar-refractivity contribution is 5.77. The first-order chi connectivity index (χ1) is 10.4. The molecule has 0 unspecified atom stereocenters. The lowest BCUT2D eigenvalue weighted by atomic mass is 10.1. The summed E-state index contributed by atoms with van der Waals surface area (Å²) >= 11 is 0. The average Bonchev–Trinajstić information content (AvgIpc) is 2.48. The van der Waals surface area contributed by atoms with Gasteiger partial charge in [0.2, 0.25) is 0 Å². The number of benzene rings is 1. The molecule has 0 aromatic heterocycles. The molecule has 0 radical (unpaired) electrons. The van der Waals surface area contributed by atoms with Crippen LogP contribution in [0.5, 0.6) is 11.5 Å². The molecule has 0 fully saturated rings.